The summed E-state index contributed by atoms with van der Waals surface area (Å²) in [6.07, 6.45) is 1.49. The number of halogens is 1. The molecule has 0 amide bonds. The van der Waals surface area contributed by atoms with Crippen LogP contribution in [0.25, 0.3) is 0 Å². The molecule has 1 aromatic rings. The number of sulfonamides is 1. The predicted octanol–water partition coefficient (Wildman–Crippen LogP) is 2.04. The van der Waals surface area contributed by atoms with Crippen molar-refractivity contribution in [1.29, 1.82) is 0 Å². The van der Waals surface area contributed by atoms with Crippen molar-refractivity contribution in [2.75, 3.05) is 13.1 Å². The minimum Gasteiger partial charge on any atom is -0.373 e. The van der Waals surface area contributed by atoms with Gasteiger partial charge in [0.05, 0.1) is 18.1 Å². The lowest BCUT2D eigenvalue weighted by molar-refractivity contribution is -0.0440. The number of ether oxygens (including phenoxy) is 1. The Kier molecular flexibility index (Phi) is 4.79. The summed E-state index contributed by atoms with van der Waals surface area (Å²) in [4.78, 5) is 0.316. The zero-order valence-electron chi connectivity index (χ0n) is 12.0. The van der Waals surface area contributed by atoms with Crippen LogP contribution in [-0.2, 0) is 27.2 Å². The van der Waals surface area contributed by atoms with Gasteiger partial charge in [-0.05, 0) is 26.8 Å². The average molecular weight is 321 g/mol. The maximum absolute atomic E-state index is 12.7. The van der Waals surface area contributed by atoms with Crippen molar-refractivity contribution in [3.05, 3.63) is 18.0 Å². The van der Waals surface area contributed by atoms with E-state index in [4.69, 9.17) is 16.3 Å². The summed E-state index contributed by atoms with van der Waals surface area (Å²) in [5.74, 6) is 0.305. The van der Waals surface area contributed by atoms with Crippen LogP contribution < -0.4 is 0 Å². The lowest BCUT2D eigenvalue weighted by atomic mass is 10.3. The zero-order valence-corrected chi connectivity index (χ0v) is 13.6. The standard InChI is InChI=1S/C13H21ClN2O3S/c1-4-15-9-13(5-12(15)6-14)20(17,18)16-7-10(2)19-11(3)8-16/h5,9-11H,4,6-8H2,1-3H3/t10-,11+. The molecule has 0 N–H and O–H groups in total. The third-order valence-corrected chi connectivity index (χ3v) is 5.53. The number of aryl methyl sites for hydroxylation is 1. The number of aromatic nitrogens is 1. The van der Waals surface area contributed by atoms with Gasteiger partial charge in [-0.2, -0.15) is 4.31 Å². The van der Waals surface area contributed by atoms with Gasteiger partial charge in [0, 0.05) is 31.5 Å². The SMILES string of the molecule is CCn1cc(S(=O)(=O)N2C[C@@H](C)O[C@@H](C)C2)cc1CCl. The highest BCUT2D eigenvalue weighted by atomic mass is 35.5. The normalized spacial score (nSPS) is 25.0. The van der Waals surface area contributed by atoms with E-state index in [9.17, 15) is 8.42 Å². The lowest BCUT2D eigenvalue weighted by Crippen LogP contribution is -2.48. The first-order valence-corrected chi connectivity index (χ1v) is 8.76. The molecule has 20 heavy (non-hydrogen) atoms. The summed E-state index contributed by atoms with van der Waals surface area (Å²) in [6, 6.07) is 1.66. The Morgan fingerprint density at radius 2 is 1.95 bits per heavy atom. The van der Waals surface area contributed by atoms with Crippen LogP contribution in [0.4, 0.5) is 0 Å². The maximum atomic E-state index is 12.7. The summed E-state index contributed by atoms with van der Waals surface area (Å²) in [5, 5.41) is 0. The highest BCUT2D eigenvalue weighted by Gasteiger charge is 2.33. The van der Waals surface area contributed by atoms with Crippen LogP contribution in [0.5, 0.6) is 0 Å². The van der Waals surface area contributed by atoms with Gasteiger partial charge in [0.15, 0.2) is 0 Å². The fourth-order valence-electron chi connectivity index (χ4n) is 2.55. The second-order valence-electron chi connectivity index (χ2n) is 5.17. The van der Waals surface area contributed by atoms with Crippen molar-refractivity contribution in [3.8, 4) is 0 Å². The topological polar surface area (TPSA) is 51.5 Å². The number of morpholine rings is 1. The van der Waals surface area contributed by atoms with Gasteiger partial charge in [-0.15, -0.1) is 11.6 Å². The Hall–Kier alpha value is -0.560. The first kappa shape index (κ1) is 15.8. The van der Waals surface area contributed by atoms with Crippen molar-refractivity contribution in [1.82, 2.24) is 8.87 Å². The molecule has 0 spiro atoms. The van der Waals surface area contributed by atoms with E-state index in [1.807, 2.05) is 25.3 Å². The summed E-state index contributed by atoms with van der Waals surface area (Å²) in [7, 11) is -3.48. The molecule has 0 saturated carbocycles. The van der Waals surface area contributed by atoms with Crippen molar-refractivity contribution in [2.24, 2.45) is 0 Å². The van der Waals surface area contributed by atoms with E-state index in [1.165, 1.54) is 4.31 Å². The minimum absolute atomic E-state index is 0.0886. The second-order valence-corrected chi connectivity index (χ2v) is 7.37. The molecular formula is C13H21ClN2O3S. The monoisotopic (exact) mass is 320 g/mol. The molecule has 1 aromatic heterocycles. The first-order valence-electron chi connectivity index (χ1n) is 6.79. The number of hydrogen-bond acceptors (Lipinski definition) is 3. The quantitative estimate of drug-likeness (QED) is 0.798. The molecule has 0 unspecified atom stereocenters. The largest absolute Gasteiger partial charge is 0.373 e. The predicted molar refractivity (Wildman–Crippen MR) is 78.4 cm³/mol. The fraction of sp³-hybridized carbons (Fsp3) is 0.692. The van der Waals surface area contributed by atoms with Crippen molar-refractivity contribution in [3.63, 3.8) is 0 Å². The maximum Gasteiger partial charge on any atom is 0.244 e. The Balaban J connectivity index is 2.32. The van der Waals surface area contributed by atoms with Gasteiger partial charge in [0.1, 0.15) is 4.90 Å². The highest BCUT2D eigenvalue weighted by molar-refractivity contribution is 7.89. The number of nitrogens with zero attached hydrogens (tertiary/aromatic N) is 2. The molecule has 2 heterocycles. The first-order chi connectivity index (χ1) is 9.38. The molecule has 2 atom stereocenters. The van der Waals surface area contributed by atoms with Crippen LogP contribution in [0.1, 0.15) is 26.5 Å². The van der Waals surface area contributed by atoms with Gasteiger partial charge in [-0.1, -0.05) is 0 Å². The summed E-state index contributed by atoms with van der Waals surface area (Å²) in [6.45, 7) is 7.22. The second kappa shape index (κ2) is 6.05. The minimum atomic E-state index is -3.48. The molecule has 1 fully saturated rings. The van der Waals surface area contributed by atoms with E-state index in [-0.39, 0.29) is 12.2 Å². The van der Waals surface area contributed by atoms with E-state index in [2.05, 4.69) is 0 Å². The van der Waals surface area contributed by atoms with Crippen molar-refractivity contribution in [2.45, 2.75) is 50.3 Å². The summed E-state index contributed by atoms with van der Waals surface area (Å²) in [5.41, 5.74) is 0.821. The van der Waals surface area contributed by atoms with Gasteiger partial charge in [-0.25, -0.2) is 8.42 Å². The van der Waals surface area contributed by atoms with Crippen LogP contribution in [0.2, 0.25) is 0 Å². The zero-order chi connectivity index (χ0) is 14.9. The molecule has 1 aliphatic heterocycles. The van der Waals surface area contributed by atoms with E-state index in [0.29, 0.717) is 30.4 Å². The molecule has 1 aliphatic rings. The van der Waals surface area contributed by atoms with E-state index in [1.54, 1.807) is 12.3 Å². The smallest absolute Gasteiger partial charge is 0.244 e. The van der Waals surface area contributed by atoms with Crippen molar-refractivity contribution >= 4 is 21.6 Å². The van der Waals surface area contributed by atoms with Gasteiger partial charge in [0.2, 0.25) is 10.0 Å². The Bertz CT molecular complexity index is 539. The lowest BCUT2D eigenvalue weighted by Gasteiger charge is -2.34. The number of rotatable bonds is 4. The molecule has 1 saturated heterocycles. The van der Waals surface area contributed by atoms with E-state index in [0.717, 1.165) is 5.69 Å². The molecule has 0 radical (unpaired) electrons. The summed E-state index contributed by atoms with van der Waals surface area (Å²) < 4.78 is 34.3. The van der Waals surface area contributed by atoms with Crippen LogP contribution >= 0.6 is 11.6 Å². The summed E-state index contributed by atoms with van der Waals surface area (Å²) >= 11 is 5.86. The molecular weight excluding hydrogens is 300 g/mol. The van der Waals surface area contributed by atoms with Crippen LogP contribution in [0.3, 0.4) is 0 Å². The Morgan fingerprint density at radius 1 is 1.35 bits per heavy atom. The molecule has 0 aromatic carbocycles. The molecule has 5 nitrogen and oxygen atoms in total. The van der Waals surface area contributed by atoms with Crippen molar-refractivity contribution < 1.29 is 13.2 Å². The molecule has 2 rings (SSSR count). The van der Waals surface area contributed by atoms with Gasteiger partial charge < -0.3 is 9.30 Å². The van der Waals surface area contributed by atoms with E-state index < -0.39 is 10.0 Å². The van der Waals surface area contributed by atoms with E-state index >= 15 is 0 Å². The fourth-order valence-corrected chi connectivity index (χ4v) is 4.43. The molecule has 0 aliphatic carbocycles. The number of alkyl halides is 1. The third kappa shape index (κ3) is 3.03. The average Bonchev–Trinajstić information content (AvgIpc) is 2.81. The molecule has 0 bridgehead atoms. The van der Waals surface area contributed by atoms with Crippen LogP contribution in [0, 0.1) is 0 Å². The van der Waals surface area contributed by atoms with Crippen LogP contribution in [-0.4, -0.2) is 42.6 Å². The number of hydrogen-bond donors (Lipinski definition) is 0. The Labute approximate surface area is 125 Å². The van der Waals surface area contributed by atoms with Gasteiger partial charge in [0.25, 0.3) is 0 Å². The van der Waals surface area contributed by atoms with Gasteiger partial charge in [-0.3, -0.25) is 0 Å². The molecule has 7 heteroatoms. The molecule has 114 valence electrons. The van der Waals surface area contributed by atoms with Gasteiger partial charge >= 0.3 is 0 Å². The highest BCUT2D eigenvalue weighted by Crippen LogP contribution is 2.23. The Morgan fingerprint density at radius 3 is 2.40 bits per heavy atom. The van der Waals surface area contributed by atoms with Crippen LogP contribution in [0.15, 0.2) is 17.2 Å². The third-order valence-electron chi connectivity index (χ3n) is 3.46.